The lowest BCUT2D eigenvalue weighted by molar-refractivity contribution is 0.135. The minimum atomic E-state index is -0.461. The quantitative estimate of drug-likeness (QED) is 0.213. The Labute approximate surface area is 267 Å². The highest BCUT2D eigenvalue weighted by molar-refractivity contribution is 7.23. The molecular formula is C31H30ClFN8O3S. The zero-order valence-electron chi connectivity index (χ0n) is 24.9. The molecule has 2 aliphatic rings. The number of fused-ring (bicyclic) bond motifs is 4. The van der Waals surface area contributed by atoms with Gasteiger partial charge in [0, 0.05) is 23.0 Å². The van der Waals surface area contributed by atoms with Gasteiger partial charge in [0.05, 0.1) is 40.1 Å². The Bertz CT molecular complexity index is 2010. The average Bonchev–Trinajstić information content (AvgIpc) is 3.83. The Morgan fingerprint density at radius 1 is 1.22 bits per heavy atom. The number of likely N-dealkylation sites (tertiary alicyclic amines) is 1. The Balaban J connectivity index is 1.41. The third-order valence-corrected chi connectivity index (χ3v) is 9.86. The normalized spacial score (nSPS) is 16.6. The van der Waals surface area contributed by atoms with E-state index >= 15 is 0 Å². The van der Waals surface area contributed by atoms with E-state index in [0.717, 1.165) is 41.9 Å². The number of anilines is 1. The van der Waals surface area contributed by atoms with Crippen LogP contribution in [0.2, 0.25) is 5.02 Å². The van der Waals surface area contributed by atoms with E-state index < -0.39 is 5.82 Å². The second kappa shape index (κ2) is 11.7. The van der Waals surface area contributed by atoms with Crippen molar-refractivity contribution in [2.75, 3.05) is 25.9 Å². The van der Waals surface area contributed by atoms with Crippen LogP contribution in [0.25, 0.3) is 32.1 Å². The third-order valence-electron chi connectivity index (χ3n) is 8.46. The van der Waals surface area contributed by atoms with E-state index in [1.54, 1.807) is 10.7 Å². The molecule has 0 amide bonds. The van der Waals surface area contributed by atoms with Crippen molar-refractivity contribution in [1.82, 2.24) is 29.9 Å². The lowest BCUT2D eigenvalue weighted by Crippen LogP contribution is -2.30. The topological polar surface area (TPSA) is 137 Å². The first kappa shape index (κ1) is 29.6. The first-order valence-electron chi connectivity index (χ1n) is 14.6. The van der Waals surface area contributed by atoms with E-state index in [1.807, 2.05) is 20.0 Å². The van der Waals surface area contributed by atoms with Crippen LogP contribution in [0, 0.1) is 17.1 Å². The summed E-state index contributed by atoms with van der Waals surface area (Å²) in [5, 5.41) is 19.9. The average molecular weight is 649 g/mol. The maximum Gasteiger partial charge on any atom is 0.320 e. The second-order valence-corrected chi connectivity index (χ2v) is 13.0. The number of ether oxygens (including phenoxy) is 3. The van der Waals surface area contributed by atoms with Crippen LogP contribution in [0.3, 0.4) is 0 Å². The highest BCUT2D eigenvalue weighted by Crippen LogP contribution is 2.49. The van der Waals surface area contributed by atoms with Crippen LogP contribution in [-0.2, 0) is 24.6 Å². The number of nitriles is 1. The molecule has 0 radical (unpaired) electrons. The van der Waals surface area contributed by atoms with Crippen LogP contribution in [0.1, 0.15) is 55.1 Å². The summed E-state index contributed by atoms with van der Waals surface area (Å²) < 4.78 is 35.4. The van der Waals surface area contributed by atoms with E-state index in [2.05, 4.69) is 28.3 Å². The highest BCUT2D eigenvalue weighted by Gasteiger charge is 2.31. The van der Waals surface area contributed by atoms with Gasteiger partial charge in [-0.3, -0.25) is 0 Å². The molecular weight excluding hydrogens is 619 g/mol. The molecule has 7 rings (SSSR count). The predicted octanol–water partition coefficient (Wildman–Crippen LogP) is 6.01. The summed E-state index contributed by atoms with van der Waals surface area (Å²) in [6, 6.07) is 5.64. The van der Waals surface area contributed by atoms with Crippen molar-refractivity contribution in [3.05, 3.63) is 51.6 Å². The molecule has 1 unspecified atom stereocenters. The first-order chi connectivity index (χ1) is 21.7. The Kier molecular flexibility index (Phi) is 7.69. The van der Waals surface area contributed by atoms with E-state index in [1.165, 1.54) is 6.07 Å². The van der Waals surface area contributed by atoms with Gasteiger partial charge in [-0.2, -0.15) is 15.2 Å². The van der Waals surface area contributed by atoms with Crippen LogP contribution < -0.4 is 15.2 Å². The molecule has 1 fully saturated rings. The molecule has 2 aliphatic heterocycles. The van der Waals surface area contributed by atoms with Crippen molar-refractivity contribution < 1.29 is 18.6 Å². The minimum absolute atomic E-state index is 0.108. The van der Waals surface area contributed by atoms with Crippen LogP contribution in [0.15, 0.2) is 18.3 Å². The van der Waals surface area contributed by atoms with Gasteiger partial charge < -0.3 is 24.8 Å². The Hall–Kier alpha value is -4.09. The summed E-state index contributed by atoms with van der Waals surface area (Å²) in [6.45, 7) is 6.05. The molecule has 1 saturated heterocycles. The van der Waals surface area contributed by atoms with Gasteiger partial charge in [-0.1, -0.05) is 22.9 Å². The number of benzene rings is 2. The lowest BCUT2D eigenvalue weighted by Gasteiger charge is -2.20. The number of nitrogens with zero attached hydrogens (tertiary/aromatic N) is 7. The summed E-state index contributed by atoms with van der Waals surface area (Å²) in [5.74, 6) is -0.178. The van der Waals surface area contributed by atoms with E-state index in [9.17, 15) is 9.65 Å². The van der Waals surface area contributed by atoms with Gasteiger partial charge in [0.25, 0.3) is 0 Å². The van der Waals surface area contributed by atoms with Gasteiger partial charge in [0.15, 0.2) is 0 Å². The third kappa shape index (κ3) is 5.11. The van der Waals surface area contributed by atoms with Gasteiger partial charge in [-0.25, -0.2) is 9.07 Å². The number of likely N-dealkylation sites (N-methyl/N-ethyl adjacent to an activating group) is 1. The molecule has 45 heavy (non-hydrogen) atoms. The maximum absolute atomic E-state index is 15.0. The fraction of sp³-hybridized carbons (Fsp3) is 0.387. The summed E-state index contributed by atoms with van der Waals surface area (Å²) in [6.07, 6.45) is 3.94. The number of hydrogen-bond acceptors (Lipinski definition) is 11. The smallest absolute Gasteiger partial charge is 0.320 e. The molecule has 5 heterocycles. The molecule has 0 aliphatic carbocycles. The van der Waals surface area contributed by atoms with Crippen molar-refractivity contribution >= 4 is 48.9 Å². The summed E-state index contributed by atoms with van der Waals surface area (Å²) in [4.78, 5) is 11.8. The van der Waals surface area contributed by atoms with Crippen LogP contribution in [0.5, 0.6) is 11.9 Å². The Morgan fingerprint density at radius 2 is 2.04 bits per heavy atom. The molecule has 3 aromatic heterocycles. The molecule has 2 aromatic carbocycles. The maximum atomic E-state index is 15.0. The number of nitrogen functional groups attached to an aromatic ring is 1. The summed E-state index contributed by atoms with van der Waals surface area (Å²) >= 11 is 8.29. The molecule has 0 saturated carbocycles. The molecule has 2 N–H and O–H groups in total. The zero-order chi connectivity index (χ0) is 31.4. The van der Waals surface area contributed by atoms with E-state index in [4.69, 9.17) is 41.5 Å². The fourth-order valence-electron chi connectivity index (χ4n) is 6.07. The van der Waals surface area contributed by atoms with Gasteiger partial charge in [-0.15, -0.1) is 16.4 Å². The van der Waals surface area contributed by atoms with Crippen molar-refractivity contribution in [2.45, 2.75) is 58.6 Å². The van der Waals surface area contributed by atoms with E-state index in [-0.39, 0.29) is 64.1 Å². The summed E-state index contributed by atoms with van der Waals surface area (Å²) in [5.41, 5.74) is 10.2. The molecule has 1 atom stereocenters. The number of halogens is 2. The SMILES string of the molecule is CC(C)n1cc(COc2nc(OCC3CCCN3C)nc3c(Cl)c(-c4ccc(F)c5sc(N)c(C#N)c45)c4c(c23)COC4)nn1. The molecule has 14 heteroatoms. The van der Waals surface area contributed by atoms with Crippen molar-refractivity contribution in [3.63, 3.8) is 0 Å². The monoisotopic (exact) mass is 648 g/mol. The van der Waals surface area contributed by atoms with Gasteiger partial charge in [-0.05, 0) is 63.0 Å². The zero-order valence-corrected chi connectivity index (χ0v) is 26.5. The van der Waals surface area contributed by atoms with Gasteiger partial charge in [0.1, 0.15) is 41.3 Å². The van der Waals surface area contributed by atoms with Crippen LogP contribution in [-0.4, -0.2) is 56.1 Å². The molecule has 5 aromatic rings. The molecule has 0 bridgehead atoms. The van der Waals surface area contributed by atoms with Gasteiger partial charge >= 0.3 is 6.01 Å². The van der Waals surface area contributed by atoms with E-state index in [0.29, 0.717) is 39.7 Å². The fourth-order valence-corrected chi connectivity index (χ4v) is 7.37. The second-order valence-electron chi connectivity index (χ2n) is 11.6. The number of rotatable bonds is 8. The van der Waals surface area contributed by atoms with Gasteiger partial charge in [0.2, 0.25) is 5.88 Å². The molecule has 11 nitrogen and oxygen atoms in total. The van der Waals surface area contributed by atoms with Crippen LogP contribution in [0.4, 0.5) is 9.39 Å². The lowest BCUT2D eigenvalue weighted by atomic mass is 9.91. The Morgan fingerprint density at radius 3 is 2.78 bits per heavy atom. The summed E-state index contributed by atoms with van der Waals surface area (Å²) in [7, 11) is 2.07. The van der Waals surface area contributed by atoms with Crippen molar-refractivity contribution in [3.8, 4) is 29.1 Å². The van der Waals surface area contributed by atoms with Crippen molar-refractivity contribution in [2.24, 2.45) is 0 Å². The van der Waals surface area contributed by atoms with Crippen molar-refractivity contribution in [1.29, 1.82) is 5.26 Å². The predicted molar refractivity (Wildman–Crippen MR) is 169 cm³/mol. The minimum Gasteiger partial charge on any atom is -0.470 e. The first-order valence-corrected chi connectivity index (χ1v) is 15.8. The number of aromatic nitrogens is 5. The highest BCUT2D eigenvalue weighted by atomic mass is 35.5. The number of hydrogen-bond donors (Lipinski definition) is 1. The standard InChI is InChI=1S/C31H30ClFN8O3S/c1-15(2)41-10-16(38-39-41)11-43-30-25-21-14-42-13-20(21)23(18-6-7-22(33)28-24(18)19(9-34)29(35)45-28)26(32)27(25)36-31(37-30)44-12-17-5-4-8-40(17)3/h6-7,10,15,17H,4-5,8,11-14,35H2,1-3H3. The van der Waals surface area contributed by atoms with Crippen LogP contribution >= 0.6 is 22.9 Å². The molecule has 232 valence electrons. The number of nitrogens with two attached hydrogens (primary N) is 1. The molecule has 0 spiro atoms. The number of thiophene rings is 1. The largest absolute Gasteiger partial charge is 0.470 e.